The Labute approximate surface area is 188 Å². The second-order valence-corrected chi connectivity index (χ2v) is 7.28. The van der Waals surface area contributed by atoms with Gasteiger partial charge in [0, 0.05) is 5.69 Å². The highest BCUT2D eigenvalue weighted by molar-refractivity contribution is 6.51. The molecule has 1 fully saturated rings. The summed E-state index contributed by atoms with van der Waals surface area (Å²) in [7, 11) is 2.80. The number of methoxy groups -OCH3 is 2. The minimum atomic E-state index is -1.10. The number of benzene rings is 3. The minimum Gasteiger partial charge on any atom is -0.508 e. The number of nitrogens with zero attached hydrogens (tertiary/aromatic N) is 1. The van der Waals surface area contributed by atoms with Crippen molar-refractivity contribution in [2.24, 2.45) is 0 Å². The minimum absolute atomic E-state index is 0.0907. The van der Waals surface area contributed by atoms with Crippen LogP contribution in [-0.2, 0) is 9.59 Å². The number of anilines is 1. The quantitative estimate of drug-likeness (QED) is 0.345. The van der Waals surface area contributed by atoms with Gasteiger partial charge in [-0.25, -0.2) is 4.39 Å². The van der Waals surface area contributed by atoms with Gasteiger partial charge in [0.25, 0.3) is 11.7 Å². The first-order valence-corrected chi connectivity index (χ1v) is 9.94. The Bertz CT molecular complexity index is 1250. The third-order valence-corrected chi connectivity index (χ3v) is 5.40. The molecule has 1 saturated heterocycles. The van der Waals surface area contributed by atoms with Crippen LogP contribution < -0.4 is 14.4 Å². The van der Waals surface area contributed by atoms with Crippen LogP contribution in [0.15, 0.2) is 72.3 Å². The zero-order chi connectivity index (χ0) is 23.7. The number of carbonyl (C=O) groups is 2. The number of Topliss-reactive ketones (excluding diaryl/α,β-unsaturated/α-hetero) is 1. The van der Waals surface area contributed by atoms with Crippen LogP contribution in [0.25, 0.3) is 5.76 Å². The van der Waals surface area contributed by atoms with E-state index in [1.165, 1.54) is 38.5 Å². The maximum atomic E-state index is 13.5. The van der Waals surface area contributed by atoms with Crippen LogP contribution in [0.3, 0.4) is 0 Å². The fraction of sp³-hybridized carbons (Fsp3) is 0.120. The highest BCUT2D eigenvalue weighted by Gasteiger charge is 2.47. The van der Waals surface area contributed by atoms with Gasteiger partial charge in [-0.1, -0.05) is 18.2 Å². The lowest BCUT2D eigenvalue weighted by atomic mass is 9.94. The molecule has 4 rings (SSSR count). The molecule has 0 aliphatic carbocycles. The van der Waals surface area contributed by atoms with Gasteiger partial charge in [-0.05, 0) is 54.1 Å². The number of ketones is 1. The van der Waals surface area contributed by atoms with Crippen LogP contribution >= 0.6 is 0 Å². The van der Waals surface area contributed by atoms with E-state index in [4.69, 9.17) is 9.47 Å². The molecule has 0 bridgehead atoms. The molecule has 1 aliphatic heterocycles. The summed E-state index contributed by atoms with van der Waals surface area (Å²) in [5, 5.41) is 21.4. The number of hydrogen-bond acceptors (Lipinski definition) is 6. The molecule has 1 unspecified atom stereocenters. The number of phenolic OH excluding ortho intramolecular Hbond substituents is 1. The van der Waals surface area contributed by atoms with E-state index in [2.05, 4.69) is 0 Å². The lowest BCUT2D eigenvalue weighted by Crippen LogP contribution is -2.29. The summed E-state index contributed by atoms with van der Waals surface area (Å²) in [6, 6.07) is 14.8. The molecule has 33 heavy (non-hydrogen) atoms. The average molecular weight is 449 g/mol. The molecular weight excluding hydrogens is 429 g/mol. The molecule has 3 aromatic rings. The Morgan fingerprint density at radius 1 is 0.939 bits per heavy atom. The van der Waals surface area contributed by atoms with Crippen LogP contribution in [0.5, 0.6) is 17.2 Å². The second kappa shape index (κ2) is 8.66. The summed E-state index contributed by atoms with van der Waals surface area (Å²) >= 11 is 0. The van der Waals surface area contributed by atoms with E-state index < -0.39 is 29.3 Å². The first-order chi connectivity index (χ1) is 15.9. The monoisotopic (exact) mass is 449 g/mol. The molecule has 1 atom stereocenters. The molecule has 168 valence electrons. The molecule has 0 radical (unpaired) electrons. The van der Waals surface area contributed by atoms with Crippen molar-refractivity contribution in [2.75, 3.05) is 19.1 Å². The molecule has 1 aliphatic rings. The fourth-order valence-corrected chi connectivity index (χ4v) is 3.93. The molecular formula is C25H20FNO6. The van der Waals surface area contributed by atoms with E-state index in [0.29, 0.717) is 5.56 Å². The van der Waals surface area contributed by atoms with Crippen molar-refractivity contribution >= 4 is 23.1 Å². The van der Waals surface area contributed by atoms with Gasteiger partial charge in [0.2, 0.25) is 0 Å². The van der Waals surface area contributed by atoms with Gasteiger partial charge < -0.3 is 19.7 Å². The SMILES string of the molecule is COc1cccc(OC)c1/C(O)=C1\C(=O)C(=O)N(c2ccc(F)cc2)C1c1cccc(O)c1. The maximum absolute atomic E-state index is 13.5. The van der Waals surface area contributed by atoms with Gasteiger partial charge in [0.05, 0.1) is 25.8 Å². The van der Waals surface area contributed by atoms with Crippen molar-refractivity contribution < 1.29 is 33.7 Å². The number of phenols is 1. The zero-order valence-corrected chi connectivity index (χ0v) is 17.8. The Hall–Kier alpha value is -4.33. The van der Waals surface area contributed by atoms with E-state index in [0.717, 1.165) is 17.0 Å². The largest absolute Gasteiger partial charge is 0.508 e. The number of carbonyl (C=O) groups excluding carboxylic acids is 2. The number of hydrogen-bond donors (Lipinski definition) is 2. The van der Waals surface area contributed by atoms with Crippen molar-refractivity contribution in [3.05, 3.63) is 89.2 Å². The maximum Gasteiger partial charge on any atom is 0.300 e. The summed E-state index contributed by atoms with van der Waals surface area (Å²) in [6.07, 6.45) is 0. The standard InChI is InChI=1S/C25H20FNO6/c1-32-18-7-4-8-19(33-2)20(18)23(29)21-22(14-5-3-6-17(28)13-14)27(25(31)24(21)30)16-11-9-15(26)10-12-16/h3-13,22,28-29H,1-2H3/b23-21+. The zero-order valence-electron chi connectivity index (χ0n) is 17.8. The van der Waals surface area contributed by atoms with Crippen molar-refractivity contribution in [3.63, 3.8) is 0 Å². The van der Waals surface area contributed by atoms with Crippen molar-refractivity contribution in [1.82, 2.24) is 0 Å². The lowest BCUT2D eigenvalue weighted by molar-refractivity contribution is -0.132. The van der Waals surface area contributed by atoms with Crippen molar-refractivity contribution in [1.29, 1.82) is 0 Å². The molecule has 7 nitrogen and oxygen atoms in total. The Morgan fingerprint density at radius 3 is 2.12 bits per heavy atom. The predicted octanol–water partition coefficient (Wildman–Crippen LogP) is 4.17. The lowest BCUT2D eigenvalue weighted by Gasteiger charge is -2.25. The first kappa shape index (κ1) is 21.9. The molecule has 3 aromatic carbocycles. The summed E-state index contributed by atoms with van der Waals surface area (Å²) in [5.74, 6) is -2.50. The highest BCUT2D eigenvalue weighted by atomic mass is 19.1. The number of ether oxygens (including phenoxy) is 2. The van der Waals surface area contributed by atoms with Crippen molar-refractivity contribution in [2.45, 2.75) is 6.04 Å². The van der Waals surface area contributed by atoms with E-state index in [9.17, 15) is 24.2 Å². The van der Waals surface area contributed by atoms with Gasteiger partial charge in [0.1, 0.15) is 34.4 Å². The van der Waals surface area contributed by atoms with Gasteiger partial charge in [-0.2, -0.15) is 0 Å². The summed E-state index contributed by atoms with van der Waals surface area (Å²) in [6.45, 7) is 0. The number of halogens is 1. The number of aromatic hydroxyl groups is 1. The molecule has 1 heterocycles. The van der Waals surface area contributed by atoms with E-state index in [1.807, 2.05) is 0 Å². The number of aliphatic hydroxyl groups is 1. The van der Waals surface area contributed by atoms with Crippen LogP contribution in [0.2, 0.25) is 0 Å². The van der Waals surface area contributed by atoms with E-state index in [-0.39, 0.29) is 34.1 Å². The van der Waals surface area contributed by atoms with E-state index >= 15 is 0 Å². The number of amides is 1. The third kappa shape index (κ3) is 3.76. The Balaban J connectivity index is 2.01. The van der Waals surface area contributed by atoms with Gasteiger partial charge in [0.15, 0.2) is 0 Å². The van der Waals surface area contributed by atoms with Gasteiger partial charge in [-0.3, -0.25) is 14.5 Å². The fourth-order valence-electron chi connectivity index (χ4n) is 3.93. The predicted molar refractivity (Wildman–Crippen MR) is 119 cm³/mol. The van der Waals surface area contributed by atoms with E-state index in [1.54, 1.807) is 30.3 Å². The smallest absolute Gasteiger partial charge is 0.300 e. The average Bonchev–Trinajstić information content (AvgIpc) is 3.09. The van der Waals surface area contributed by atoms with Crippen LogP contribution in [0, 0.1) is 5.82 Å². The molecule has 2 N–H and O–H groups in total. The Kier molecular flexibility index (Phi) is 5.74. The summed E-state index contributed by atoms with van der Waals surface area (Å²) < 4.78 is 24.2. The first-order valence-electron chi connectivity index (χ1n) is 9.94. The molecule has 0 saturated carbocycles. The normalized spacial score (nSPS) is 17.3. The topological polar surface area (TPSA) is 96.3 Å². The van der Waals surface area contributed by atoms with Gasteiger partial charge >= 0.3 is 0 Å². The van der Waals surface area contributed by atoms with Crippen LogP contribution in [0.1, 0.15) is 17.2 Å². The summed E-state index contributed by atoms with van der Waals surface area (Å²) in [5.41, 5.74) is 0.495. The molecule has 0 spiro atoms. The molecule has 8 heteroatoms. The highest BCUT2D eigenvalue weighted by Crippen LogP contribution is 2.45. The number of aliphatic hydroxyl groups excluding tert-OH is 1. The van der Waals surface area contributed by atoms with Crippen LogP contribution in [-0.4, -0.2) is 36.1 Å². The van der Waals surface area contributed by atoms with Crippen molar-refractivity contribution in [3.8, 4) is 17.2 Å². The Morgan fingerprint density at radius 2 is 1.55 bits per heavy atom. The number of rotatable bonds is 5. The summed E-state index contributed by atoms with van der Waals surface area (Å²) in [4.78, 5) is 27.5. The van der Waals surface area contributed by atoms with Gasteiger partial charge in [-0.15, -0.1) is 0 Å². The second-order valence-electron chi connectivity index (χ2n) is 7.28. The molecule has 0 aromatic heterocycles. The third-order valence-electron chi connectivity index (χ3n) is 5.40. The van der Waals surface area contributed by atoms with Crippen LogP contribution in [0.4, 0.5) is 10.1 Å². The molecule has 1 amide bonds.